The van der Waals surface area contributed by atoms with Gasteiger partial charge in [0, 0.05) is 6.04 Å². The van der Waals surface area contributed by atoms with Gasteiger partial charge in [0.25, 0.3) is 0 Å². The molecule has 1 aromatic carbocycles. The number of imidazole rings is 1. The Labute approximate surface area is 118 Å². The van der Waals surface area contributed by atoms with E-state index in [4.69, 9.17) is 12.2 Å². The van der Waals surface area contributed by atoms with E-state index in [-0.39, 0.29) is 5.82 Å². The van der Waals surface area contributed by atoms with Crippen LogP contribution in [0.5, 0.6) is 0 Å². The fourth-order valence-corrected chi connectivity index (χ4v) is 2.99. The molecule has 2 nitrogen and oxygen atoms in total. The number of H-pyrrole nitrogens is 1. The number of fused-ring (bicyclic) bond motifs is 1. The molecule has 1 aromatic heterocycles. The highest BCUT2D eigenvalue weighted by atomic mass is 32.1. The lowest BCUT2D eigenvalue weighted by atomic mass is 10.0. The number of rotatable bonds is 6. The van der Waals surface area contributed by atoms with E-state index in [0.29, 0.717) is 10.8 Å². The van der Waals surface area contributed by atoms with Crippen molar-refractivity contribution < 1.29 is 4.39 Å². The van der Waals surface area contributed by atoms with Gasteiger partial charge in [0.1, 0.15) is 5.82 Å². The molecule has 2 rings (SSSR count). The summed E-state index contributed by atoms with van der Waals surface area (Å²) in [5.41, 5.74) is 1.81. The maximum absolute atomic E-state index is 13.5. The molecule has 0 saturated carbocycles. The number of benzene rings is 1. The van der Waals surface area contributed by atoms with Crippen LogP contribution in [0.25, 0.3) is 11.0 Å². The number of hydrogen-bond acceptors (Lipinski definition) is 1. The van der Waals surface area contributed by atoms with E-state index in [1.165, 1.54) is 18.9 Å². The Bertz CT molecular complexity index is 600. The van der Waals surface area contributed by atoms with Gasteiger partial charge in [-0.3, -0.25) is 0 Å². The molecule has 1 N–H and O–H groups in total. The third kappa shape index (κ3) is 3.06. The largest absolute Gasteiger partial charge is 0.331 e. The number of hydrogen-bond donors (Lipinski definition) is 1. The molecule has 2 aromatic rings. The van der Waals surface area contributed by atoms with Crippen LogP contribution in [0, 0.1) is 10.6 Å². The summed E-state index contributed by atoms with van der Waals surface area (Å²) in [6.07, 6.45) is 5.64. The van der Waals surface area contributed by atoms with Crippen LogP contribution in [0.15, 0.2) is 18.2 Å². The minimum Gasteiger partial charge on any atom is -0.331 e. The standard InChI is InChI=1S/C15H21FN2S/c1-3-5-7-12(6-4-2)18-14-10-11(16)8-9-13(14)17-15(18)19/h8-10,12H,3-7H2,1-2H3,(H,17,19). The third-order valence-electron chi connectivity index (χ3n) is 3.56. The Balaban J connectivity index is 2.48. The van der Waals surface area contributed by atoms with Gasteiger partial charge < -0.3 is 9.55 Å². The number of aromatic amines is 1. The Kier molecular flexibility index (Phi) is 4.75. The summed E-state index contributed by atoms with van der Waals surface area (Å²) in [7, 11) is 0. The summed E-state index contributed by atoms with van der Waals surface area (Å²) in [4.78, 5) is 3.18. The maximum Gasteiger partial charge on any atom is 0.178 e. The van der Waals surface area contributed by atoms with Crippen LogP contribution in [-0.4, -0.2) is 9.55 Å². The zero-order chi connectivity index (χ0) is 13.8. The summed E-state index contributed by atoms with van der Waals surface area (Å²) in [6, 6.07) is 5.18. The average molecular weight is 280 g/mol. The normalized spacial score (nSPS) is 13.0. The van der Waals surface area contributed by atoms with Crippen LogP contribution in [-0.2, 0) is 0 Å². The number of halogens is 1. The number of aromatic nitrogens is 2. The van der Waals surface area contributed by atoms with Gasteiger partial charge in [0.05, 0.1) is 11.0 Å². The molecule has 0 fully saturated rings. The molecule has 0 aliphatic heterocycles. The Hall–Kier alpha value is -1.16. The maximum atomic E-state index is 13.5. The summed E-state index contributed by atoms with van der Waals surface area (Å²) in [5, 5.41) is 0. The van der Waals surface area contributed by atoms with Crippen molar-refractivity contribution in [1.29, 1.82) is 0 Å². The lowest BCUT2D eigenvalue weighted by molar-refractivity contribution is 0.422. The smallest absolute Gasteiger partial charge is 0.178 e. The second-order valence-corrected chi connectivity index (χ2v) is 5.43. The van der Waals surface area contributed by atoms with Crippen molar-refractivity contribution >= 4 is 23.3 Å². The highest BCUT2D eigenvalue weighted by Gasteiger charge is 2.15. The Morgan fingerprint density at radius 3 is 2.74 bits per heavy atom. The molecule has 0 aliphatic carbocycles. The molecule has 4 heteroatoms. The monoisotopic (exact) mass is 280 g/mol. The van der Waals surface area contributed by atoms with Crippen molar-refractivity contribution in [1.82, 2.24) is 9.55 Å². The Morgan fingerprint density at radius 1 is 1.26 bits per heavy atom. The first-order chi connectivity index (χ1) is 9.17. The predicted molar refractivity (Wildman–Crippen MR) is 80.6 cm³/mol. The second kappa shape index (κ2) is 6.33. The first-order valence-electron chi connectivity index (χ1n) is 7.07. The molecule has 0 aliphatic rings. The van der Waals surface area contributed by atoms with E-state index >= 15 is 0 Å². The molecule has 19 heavy (non-hydrogen) atoms. The van der Waals surface area contributed by atoms with Gasteiger partial charge in [-0.2, -0.15) is 0 Å². The molecule has 1 unspecified atom stereocenters. The Morgan fingerprint density at radius 2 is 2.05 bits per heavy atom. The highest BCUT2D eigenvalue weighted by molar-refractivity contribution is 7.71. The summed E-state index contributed by atoms with van der Waals surface area (Å²) >= 11 is 5.42. The van der Waals surface area contributed by atoms with E-state index < -0.39 is 0 Å². The summed E-state index contributed by atoms with van der Waals surface area (Å²) in [5.74, 6) is -0.207. The van der Waals surface area contributed by atoms with E-state index in [1.54, 1.807) is 12.1 Å². The molecule has 0 spiro atoms. The topological polar surface area (TPSA) is 20.7 Å². The number of nitrogens with zero attached hydrogens (tertiary/aromatic N) is 1. The lowest BCUT2D eigenvalue weighted by Crippen LogP contribution is -2.09. The van der Waals surface area contributed by atoms with Crippen LogP contribution in [0.2, 0.25) is 0 Å². The van der Waals surface area contributed by atoms with Crippen molar-refractivity contribution in [2.24, 2.45) is 0 Å². The van der Waals surface area contributed by atoms with Gasteiger partial charge in [-0.25, -0.2) is 4.39 Å². The second-order valence-electron chi connectivity index (χ2n) is 5.05. The van der Waals surface area contributed by atoms with Crippen molar-refractivity contribution in [3.63, 3.8) is 0 Å². The van der Waals surface area contributed by atoms with Crippen molar-refractivity contribution in [2.45, 2.75) is 52.0 Å². The van der Waals surface area contributed by atoms with Gasteiger partial charge in [0.15, 0.2) is 4.77 Å². The molecule has 1 heterocycles. The fourth-order valence-electron chi connectivity index (χ4n) is 2.63. The molecule has 0 bridgehead atoms. The number of nitrogens with one attached hydrogen (secondary N) is 1. The lowest BCUT2D eigenvalue weighted by Gasteiger charge is -2.18. The molecule has 1 atom stereocenters. The third-order valence-corrected chi connectivity index (χ3v) is 3.86. The summed E-state index contributed by atoms with van der Waals surface area (Å²) < 4.78 is 16.3. The zero-order valence-electron chi connectivity index (χ0n) is 11.6. The fraction of sp³-hybridized carbons (Fsp3) is 0.533. The first kappa shape index (κ1) is 14.3. The van der Waals surface area contributed by atoms with Gasteiger partial charge in [-0.05, 0) is 43.3 Å². The van der Waals surface area contributed by atoms with Crippen molar-refractivity contribution in [2.75, 3.05) is 0 Å². The molecular weight excluding hydrogens is 259 g/mol. The minimum absolute atomic E-state index is 0.207. The van der Waals surface area contributed by atoms with Crippen molar-refractivity contribution in [3.8, 4) is 0 Å². The van der Waals surface area contributed by atoms with E-state index in [1.807, 2.05) is 0 Å². The van der Waals surface area contributed by atoms with Crippen LogP contribution in [0.3, 0.4) is 0 Å². The molecular formula is C15H21FN2S. The van der Waals surface area contributed by atoms with Gasteiger partial charge in [-0.1, -0.05) is 33.1 Å². The van der Waals surface area contributed by atoms with Crippen molar-refractivity contribution in [3.05, 3.63) is 28.8 Å². The predicted octanol–water partition coefficient (Wildman–Crippen LogP) is 5.37. The molecule has 0 radical (unpaired) electrons. The highest BCUT2D eigenvalue weighted by Crippen LogP contribution is 2.27. The quantitative estimate of drug-likeness (QED) is 0.705. The van der Waals surface area contributed by atoms with E-state index in [9.17, 15) is 4.39 Å². The van der Waals surface area contributed by atoms with Gasteiger partial charge >= 0.3 is 0 Å². The van der Waals surface area contributed by atoms with Crippen LogP contribution >= 0.6 is 12.2 Å². The molecule has 104 valence electrons. The molecule has 0 saturated heterocycles. The molecule has 0 amide bonds. The SMILES string of the molecule is CCCCC(CCC)n1c(=S)[nH]c2ccc(F)cc21. The van der Waals surface area contributed by atoms with Crippen LogP contribution in [0.1, 0.15) is 52.0 Å². The average Bonchev–Trinajstić information content (AvgIpc) is 2.70. The minimum atomic E-state index is -0.207. The van der Waals surface area contributed by atoms with Crippen LogP contribution < -0.4 is 0 Å². The first-order valence-corrected chi connectivity index (χ1v) is 7.48. The van der Waals surface area contributed by atoms with E-state index in [2.05, 4.69) is 23.4 Å². The van der Waals surface area contributed by atoms with Crippen LogP contribution in [0.4, 0.5) is 4.39 Å². The zero-order valence-corrected chi connectivity index (χ0v) is 12.4. The summed E-state index contributed by atoms with van der Waals surface area (Å²) in [6.45, 7) is 4.37. The van der Waals surface area contributed by atoms with Gasteiger partial charge in [-0.15, -0.1) is 0 Å². The van der Waals surface area contributed by atoms with E-state index in [0.717, 1.165) is 30.3 Å². The number of unbranched alkanes of at least 4 members (excludes halogenated alkanes) is 1. The van der Waals surface area contributed by atoms with Gasteiger partial charge in [0.2, 0.25) is 0 Å².